The Labute approximate surface area is 146 Å². The fourth-order valence-corrected chi connectivity index (χ4v) is 3.36. The molecule has 0 saturated heterocycles. The molecule has 1 aliphatic rings. The molecule has 0 bridgehead atoms. The summed E-state index contributed by atoms with van der Waals surface area (Å²) in [6, 6.07) is 2.72. The van der Waals surface area contributed by atoms with Crippen molar-refractivity contribution in [1.29, 1.82) is 0 Å². The lowest BCUT2D eigenvalue weighted by Gasteiger charge is -2.30. The number of carbonyl (C=O) groups is 2. The molecule has 0 fully saturated rings. The van der Waals surface area contributed by atoms with Gasteiger partial charge in [0.15, 0.2) is 0 Å². The molecule has 138 valence electrons. The highest BCUT2D eigenvalue weighted by molar-refractivity contribution is 7.12. The number of fused-ring (bicyclic) bond motifs is 1. The second kappa shape index (κ2) is 5.56. The summed E-state index contributed by atoms with van der Waals surface area (Å²) >= 11 is 0.870. The topological polar surface area (TPSA) is 102 Å². The van der Waals surface area contributed by atoms with E-state index in [2.05, 4.69) is 0 Å². The van der Waals surface area contributed by atoms with Gasteiger partial charge in [0.05, 0.1) is 4.88 Å². The number of carbonyl (C=O) groups excluding carboxylic acids is 2. The van der Waals surface area contributed by atoms with Gasteiger partial charge in [-0.2, -0.15) is 13.2 Å². The summed E-state index contributed by atoms with van der Waals surface area (Å²) in [6.45, 7) is 0. The first-order chi connectivity index (χ1) is 12.0. The van der Waals surface area contributed by atoms with Gasteiger partial charge in [-0.1, -0.05) is 6.07 Å². The minimum atomic E-state index is -5.33. The molecule has 3 heterocycles. The maximum atomic E-state index is 14.0. The van der Waals surface area contributed by atoms with Crippen LogP contribution < -0.4 is 21.9 Å². The number of anilines is 1. The normalized spacial score (nSPS) is 19.2. The molecule has 0 unspecified atom stereocenters. The van der Waals surface area contributed by atoms with E-state index in [1.54, 1.807) is 5.32 Å². The molecule has 2 aromatic heterocycles. The van der Waals surface area contributed by atoms with Crippen LogP contribution in [0.15, 0.2) is 27.1 Å². The summed E-state index contributed by atoms with van der Waals surface area (Å²) in [5, 5.41) is 5.04. The minimum absolute atomic E-state index is 0.0727. The number of nitrogens with zero attached hydrogens (tertiary/aromatic N) is 2. The second-order valence-electron chi connectivity index (χ2n) is 5.56. The van der Waals surface area contributed by atoms with Crippen LogP contribution in [0.3, 0.4) is 0 Å². The molecule has 8 nitrogen and oxygen atoms in total. The highest BCUT2D eigenvalue weighted by atomic mass is 32.1. The van der Waals surface area contributed by atoms with Gasteiger partial charge in [-0.15, -0.1) is 11.3 Å². The number of hydrogen-bond donors (Lipinski definition) is 2. The first-order valence-corrected chi connectivity index (χ1v) is 7.95. The summed E-state index contributed by atoms with van der Waals surface area (Å²) in [4.78, 5) is 48.9. The Morgan fingerprint density at radius 3 is 2.42 bits per heavy atom. The summed E-state index contributed by atoms with van der Waals surface area (Å²) in [7, 11) is 2.09. The van der Waals surface area contributed by atoms with E-state index in [1.165, 1.54) is 17.5 Å². The Morgan fingerprint density at radius 2 is 1.88 bits per heavy atom. The van der Waals surface area contributed by atoms with Crippen LogP contribution in [-0.4, -0.2) is 27.1 Å². The van der Waals surface area contributed by atoms with Crippen LogP contribution in [0.4, 0.5) is 19.0 Å². The average Bonchev–Trinajstić information content (AvgIpc) is 3.18. The van der Waals surface area contributed by atoms with Crippen LogP contribution in [-0.2, 0) is 24.4 Å². The SMILES string of the molecule is Cn1c2c(c(=O)n(C)c1=O)[C@@](NC(=O)c1cccs1)(C(F)(F)F)C(=O)N2. The fraction of sp³-hybridized carbons (Fsp3) is 0.286. The lowest BCUT2D eigenvalue weighted by Crippen LogP contribution is -2.62. The van der Waals surface area contributed by atoms with Gasteiger partial charge in [-0.05, 0) is 11.4 Å². The van der Waals surface area contributed by atoms with Crippen molar-refractivity contribution >= 4 is 29.0 Å². The Kier molecular flexibility index (Phi) is 3.83. The molecule has 1 atom stereocenters. The van der Waals surface area contributed by atoms with Crippen molar-refractivity contribution in [2.24, 2.45) is 14.1 Å². The van der Waals surface area contributed by atoms with Crippen molar-refractivity contribution in [1.82, 2.24) is 14.5 Å². The number of rotatable bonds is 2. The predicted octanol–water partition coefficient (Wildman–Crippen LogP) is 0.285. The van der Waals surface area contributed by atoms with E-state index in [1.807, 2.05) is 5.32 Å². The van der Waals surface area contributed by atoms with Crippen molar-refractivity contribution in [3.05, 3.63) is 48.8 Å². The zero-order valence-electron chi connectivity index (χ0n) is 13.3. The Morgan fingerprint density at radius 1 is 1.23 bits per heavy atom. The molecule has 1 aliphatic heterocycles. The number of aromatic nitrogens is 2. The minimum Gasteiger partial charge on any atom is -0.326 e. The molecule has 12 heteroatoms. The molecule has 2 amide bonds. The summed E-state index contributed by atoms with van der Waals surface area (Å²) < 4.78 is 43.1. The van der Waals surface area contributed by atoms with Crippen molar-refractivity contribution in [3.8, 4) is 0 Å². The molecular formula is C14H11F3N4O4S. The largest absolute Gasteiger partial charge is 0.425 e. The van der Waals surface area contributed by atoms with Crippen LogP contribution >= 0.6 is 11.3 Å². The summed E-state index contributed by atoms with van der Waals surface area (Å²) in [6.07, 6.45) is -5.33. The van der Waals surface area contributed by atoms with Gasteiger partial charge in [0, 0.05) is 14.1 Å². The number of amides is 2. The van der Waals surface area contributed by atoms with E-state index in [9.17, 15) is 32.3 Å². The molecule has 0 aromatic carbocycles. The van der Waals surface area contributed by atoms with Gasteiger partial charge < -0.3 is 10.6 Å². The van der Waals surface area contributed by atoms with Crippen LogP contribution in [0.5, 0.6) is 0 Å². The second-order valence-corrected chi connectivity index (χ2v) is 6.51. The zero-order chi connectivity index (χ0) is 19.4. The van der Waals surface area contributed by atoms with E-state index in [0.717, 1.165) is 25.4 Å². The maximum Gasteiger partial charge on any atom is 0.425 e. The molecule has 3 rings (SSSR count). The maximum absolute atomic E-state index is 14.0. The Bertz CT molecular complexity index is 1040. The van der Waals surface area contributed by atoms with Gasteiger partial charge in [-0.3, -0.25) is 23.5 Å². The van der Waals surface area contributed by atoms with Gasteiger partial charge in [-0.25, -0.2) is 4.79 Å². The van der Waals surface area contributed by atoms with Crippen molar-refractivity contribution in [2.45, 2.75) is 11.7 Å². The van der Waals surface area contributed by atoms with Crippen LogP contribution in [0.25, 0.3) is 0 Å². The van der Waals surface area contributed by atoms with Crippen molar-refractivity contribution in [2.75, 3.05) is 5.32 Å². The van der Waals surface area contributed by atoms with Crippen molar-refractivity contribution < 1.29 is 22.8 Å². The van der Waals surface area contributed by atoms with Gasteiger partial charge >= 0.3 is 11.9 Å². The van der Waals surface area contributed by atoms with Crippen LogP contribution in [0, 0.1) is 0 Å². The first-order valence-electron chi connectivity index (χ1n) is 7.07. The Hall–Kier alpha value is -2.89. The number of thiophene rings is 1. The molecule has 2 N–H and O–H groups in total. The van der Waals surface area contributed by atoms with E-state index in [0.29, 0.717) is 9.13 Å². The monoisotopic (exact) mass is 388 g/mol. The average molecular weight is 388 g/mol. The van der Waals surface area contributed by atoms with Crippen LogP contribution in [0.1, 0.15) is 15.2 Å². The fourth-order valence-electron chi connectivity index (χ4n) is 2.74. The molecule has 0 spiro atoms. The molecule has 0 radical (unpaired) electrons. The standard InChI is InChI=1S/C14H11F3N4O4S/c1-20-8-7(10(23)21(2)12(20)25)13(11(24)18-8,14(15,16)17)19-9(22)6-4-3-5-26-6/h3-5H,1-2H3,(H,18,24)(H,19,22)/t13-/m0/s1. The number of nitrogens with one attached hydrogen (secondary N) is 2. The summed E-state index contributed by atoms with van der Waals surface area (Å²) in [5.74, 6) is -3.44. The van der Waals surface area contributed by atoms with E-state index in [4.69, 9.17) is 0 Å². The molecule has 26 heavy (non-hydrogen) atoms. The third-order valence-corrected chi connectivity index (χ3v) is 4.95. The van der Waals surface area contributed by atoms with Gasteiger partial charge in [0.1, 0.15) is 11.4 Å². The van der Waals surface area contributed by atoms with Crippen molar-refractivity contribution in [3.63, 3.8) is 0 Å². The molecule has 0 aliphatic carbocycles. The summed E-state index contributed by atoms with van der Waals surface area (Å²) in [5.41, 5.74) is -6.91. The van der Waals surface area contributed by atoms with Crippen LogP contribution in [0.2, 0.25) is 0 Å². The third-order valence-electron chi connectivity index (χ3n) is 4.08. The molecule has 2 aromatic rings. The van der Waals surface area contributed by atoms with Gasteiger partial charge in [0.2, 0.25) is 0 Å². The van der Waals surface area contributed by atoms with E-state index in [-0.39, 0.29) is 4.88 Å². The number of halogens is 3. The molecular weight excluding hydrogens is 377 g/mol. The van der Waals surface area contributed by atoms with E-state index < -0.39 is 46.2 Å². The Balaban J connectivity index is 2.32. The third kappa shape index (κ3) is 2.21. The smallest absolute Gasteiger partial charge is 0.326 e. The van der Waals surface area contributed by atoms with E-state index >= 15 is 0 Å². The lowest BCUT2D eigenvalue weighted by atomic mass is 9.91. The number of hydrogen-bond acceptors (Lipinski definition) is 5. The van der Waals surface area contributed by atoms with Gasteiger partial charge in [0.25, 0.3) is 22.9 Å². The highest BCUT2D eigenvalue weighted by Gasteiger charge is 2.68. The quantitative estimate of drug-likeness (QED) is 0.772. The highest BCUT2D eigenvalue weighted by Crippen LogP contribution is 2.45. The lowest BCUT2D eigenvalue weighted by molar-refractivity contribution is -0.196. The predicted molar refractivity (Wildman–Crippen MR) is 85.1 cm³/mol. The zero-order valence-corrected chi connectivity index (χ0v) is 14.1. The first kappa shape index (κ1) is 17.9. The molecule has 0 saturated carbocycles. The number of alkyl halides is 3.